The fraction of sp³-hybridized carbons (Fsp3) is 0.524. The van der Waals surface area contributed by atoms with Crippen LogP contribution in [0, 0.1) is 0 Å². The summed E-state index contributed by atoms with van der Waals surface area (Å²) in [6, 6.07) is 7.17. The van der Waals surface area contributed by atoms with Crippen LogP contribution >= 0.6 is 11.8 Å². The van der Waals surface area contributed by atoms with Gasteiger partial charge in [-0.25, -0.2) is 14.4 Å². The molecule has 1 aliphatic carbocycles. The summed E-state index contributed by atoms with van der Waals surface area (Å²) in [5.74, 6) is -0.0933. The highest BCUT2D eigenvalue weighted by Crippen LogP contribution is 2.29. The first-order valence-corrected chi connectivity index (χ1v) is 10.9. The highest BCUT2D eigenvalue weighted by molar-refractivity contribution is 8.00. The first-order valence-electron chi connectivity index (χ1n) is 9.81. The third-order valence-corrected chi connectivity index (χ3v) is 5.68. The predicted octanol–water partition coefficient (Wildman–Crippen LogP) is 2.67. The van der Waals surface area contributed by atoms with Crippen molar-refractivity contribution in [1.82, 2.24) is 10.6 Å². The number of rotatable bonds is 7. The zero-order chi connectivity index (χ0) is 23.0. The van der Waals surface area contributed by atoms with E-state index in [1.807, 2.05) is 0 Å². The zero-order valence-corrected chi connectivity index (χ0v) is 18.8. The lowest BCUT2D eigenvalue weighted by molar-refractivity contribution is -0.142. The molecule has 2 N–H and O–H groups in total. The van der Waals surface area contributed by atoms with Crippen LogP contribution in [0.25, 0.3) is 0 Å². The average Bonchev–Trinajstić information content (AvgIpc) is 3.02. The molecule has 9 nitrogen and oxygen atoms in total. The van der Waals surface area contributed by atoms with Crippen molar-refractivity contribution in [2.75, 3.05) is 12.9 Å². The summed E-state index contributed by atoms with van der Waals surface area (Å²) < 4.78 is 15.2. The van der Waals surface area contributed by atoms with Crippen LogP contribution in [0.3, 0.4) is 0 Å². The molecule has 0 heterocycles. The van der Waals surface area contributed by atoms with Crippen molar-refractivity contribution in [3.8, 4) is 5.75 Å². The van der Waals surface area contributed by atoms with E-state index in [1.165, 1.54) is 18.9 Å². The van der Waals surface area contributed by atoms with E-state index in [4.69, 9.17) is 14.2 Å². The topological polar surface area (TPSA) is 120 Å². The second kappa shape index (κ2) is 11.0. The van der Waals surface area contributed by atoms with Crippen LogP contribution in [-0.2, 0) is 19.1 Å². The fourth-order valence-electron chi connectivity index (χ4n) is 2.90. The Morgan fingerprint density at radius 1 is 1.13 bits per heavy atom. The van der Waals surface area contributed by atoms with Crippen molar-refractivity contribution in [2.45, 2.75) is 56.5 Å². The summed E-state index contributed by atoms with van der Waals surface area (Å²) in [6.45, 7) is 5.14. The van der Waals surface area contributed by atoms with Gasteiger partial charge in [0.15, 0.2) is 0 Å². The largest absolute Gasteiger partial charge is 0.467 e. The van der Waals surface area contributed by atoms with Crippen molar-refractivity contribution in [1.29, 1.82) is 0 Å². The highest BCUT2D eigenvalue weighted by atomic mass is 32.2. The van der Waals surface area contributed by atoms with Crippen LogP contribution in [0.5, 0.6) is 5.75 Å². The van der Waals surface area contributed by atoms with Crippen LogP contribution in [0.15, 0.2) is 30.3 Å². The number of carbonyl (C=O) groups excluding carboxylic acids is 4. The lowest BCUT2D eigenvalue weighted by atomic mass is 10.2. The third-order valence-electron chi connectivity index (χ3n) is 4.24. The molecule has 10 heteroatoms. The molecule has 1 aliphatic rings. The number of alkyl carbamates (subject to hydrolysis) is 1. The van der Waals surface area contributed by atoms with E-state index in [9.17, 15) is 19.2 Å². The standard InChI is InChI=1S/C21H28N2O7S/c1-21(2,3)30-20(27)23-16(18(25)28-4)12-31-17-11-13(24)10-15(17)22-19(26)29-14-8-6-5-7-9-14/h5-9,15-17H,10-12H2,1-4H3,(H,22,26)(H,23,27)/t15-,16+,17-/m1/s1. The highest BCUT2D eigenvalue weighted by Gasteiger charge is 2.36. The van der Waals surface area contributed by atoms with Gasteiger partial charge in [0, 0.05) is 23.8 Å². The quantitative estimate of drug-likeness (QED) is 0.606. The van der Waals surface area contributed by atoms with Gasteiger partial charge < -0.3 is 24.8 Å². The molecular formula is C21H28N2O7S. The van der Waals surface area contributed by atoms with E-state index >= 15 is 0 Å². The molecule has 1 aromatic rings. The molecule has 1 fully saturated rings. The summed E-state index contributed by atoms with van der Waals surface area (Å²) in [6.07, 6.45) is -0.995. The number of benzene rings is 1. The molecule has 1 aromatic carbocycles. The number of ketones is 1. The fourth-order valence-corrected chi connectivity index (χ4v) is 4.26. The summed E-state index contributed by atoms with van der Waals surface area (Å²) in [7, 11) is 1.22. The van der Waals surface area contributed by atoms with Crippen molar-refractivity contribution >= 4 is 35.7 Å². The Kier molecular flexibility index (Phi) is 8.73. The number of carbonyl (C=O) groups is 4. The summed E-state index contributed by atoms with van der Waals surface area (Å²) >= 11 is 1.29. The lowest BCUT2D eigenvalue weighted by Crippen LogP contribution is -2.46. The molecule has 1 saturated carbocycles. The van der Waals surface area contributed by atoms with Crippen LogP contribution < -0.4 is 15.4 Å². The first kappa shape index (κ1) is 24.5. The number of hydrogen-bond donors (Lipinski definition) is 2. The second-order valence-corrected chi connectivity index (χ2v) is 9.27. The molecule has 170 valence electrons. The average molecular weight is 453 g/mol. The van der Waals surface area contributed by atoms with E-state index < -0.39 is 35.8 Å². The Balaban J connectivity index is 1.94. The summed E-state index contributed by atoms with van der Waals surface area (Å²) in [4.78, 5) is 48.3. The van der Waals surface area contributed by atoms with Gasteiger partial charge in [0.25, 0.3) is 0 Å². The molecule has 0 saturated heterocycles. The van der Waals surface area contributed by atoms with Gasteiger partial charge in [0.2, 0.25) is 0 Å². The van der Waals surface area contributed by atoms with Crippen LogP contribution in [0.2, 0.25) is 0 Å². The number of hydrogen-bond acceptors (Lipinski definition) is 8. The van der Waals surface area contributed by atoms with Crippen molar-refractivity contribution in [3.05, 3.63) is 30.3 Å². The Morgan fingerprint density at radius 2 is 1.81 bits per heavy atom. The Morgan fingerprint density at radius 3 is 2.42 bits per heavy atom. The van der Waals surface area contributed by atoms with Crippen molar-refractivity contribution in [3.63, 3.8) is 0 Å². The van der Waals surface area contributed by atoms with Gasteiger partial charge in [-0.15, -0.1) is 0 Å². The molecule has 0 aromatic heterocycles. The zero-order valence-electron chi connectivity index (χ0n) is 18.0. The van der Waals surface area contributed by atoms with Gasteiger partial charge in [0.05, 0.1) is 13.2 Å². The minimum absolute atomic E-state index is 0.00256. The van der Waals surface area contributed by atoms with E-state index in [-0.39, 0.29) is 29.6 Å². The first-order chi connectivity index (χ1) is 14.6. The minimum Gasteiger partial charge on any atom is -0.467 e. The van der Waals surface area contributed by atoms with Gasteiger partial charge in [-0.3, -0.25) is 4.79 Å². The Labute approximate surface area is 185 Å². The number of nitrogens with one attached hydrogen (secondary N) is 2. The maximum atomic E-state index is 12.2. The molecule has 0 spiro atoms. The van der Waals surface area contributed by atoms with Crippen LogP contribution in [0.4, 0.5) is 9.59 Å². The Hall–Kier alpha value is -2.75. The molecule has 31 heavy (non-hydrogen) atoms. The van der Waals surface area contributed by atoms with Crippen LogP contribution in [-0.4, -0.2) is 59.7 Å². The molecule has 3 atom stereocenters. The number of thioether (sulfide) groups is 1. The second-order valence-electron chi connectivity index (χ2n) is 7.99. The molecule has 2 rings (SSSR count). The smallest absolute Gasteiger partial charge is 0.412 e. The van der Waals surface area contributed by atoms with E-state index in [1.54, 1.807) is 51.1 Å². The van der Waals surface area contributed by atoms with Crippen molar-refractivity contribution in [2.24, 2.45) is 0 Å². The number of para-hydroxylation sites is 1. The summed E-state index contributed by atoms with van der Waals surface area (Å²) in [5, 5.41) is 4.94. The van der Waals surface area contributed by atoms with E-state index in [0.29, 0.717) is 5.75 Å². The van der Waals surface area contributed by atoms with Gasteiger partial charge in [-0.05, 0) is 32.9 Å². The number of esters is 1. The van der Waals surface area contributed by atoms with Gasteiger partial charge >= 0.3 is 18.2 Å². The SMILES string of the molecule is COC(=O)[C@H](CS[C@@H]1CC(=O)C[C@H]1NC(=O)Oc1ccccc1)NC(=O)OC(C)(C)C. The molecular weight excluding hydrogens is 424 g/mol. The molecule has 2 amide bonds. The predicted molar refractivity (Wildman–Crippen MR) is 115 cm³/mol. The molecule has 0 unspecified atom stereocenters. The number of methoxy groups -OCH3 is 1. The van der Waals surface area contributed by atoms with E-state index in [2.05, 4.69) is 10.6 Å². The van der Waals surface area contributed by atoms with Crippen molar-refractivity contribution < 1.29 is 33.4 Å². The van der Waals surface area contributed by atoms with Gasteiger partial charge in [-0.2, -0.15) is 11.8 Å². The Bertz CT molecular complexity index is 795. The number of Topliss-reactive ketones (excluding diaryl/α,β-unsaturated/α-hetero) is 1. The number of ether oxygens (including phenoxy) is 3. The number of amides is 2. The molecule has 0 aliphatic heterocycles. The lowest BCUT2D eigenvalue weighted by Gasteiger charge is -2.24. The summed E-state index contributed by atoms with van der Waals surface area (Å²) in [5.41, 5.74) is -0.718. The minimum atomic E-state index is -0.961. The maximum absolute atomic E-state index is 12.2. The van der Waals surface area contributed by atoms with Crippen LogP contribution in [0.1, 0.15) is 33.6 Å². The maximum Gasteiger partial charge on any atom is 0.412 e. The van der Waals surface area contributed by atoms with E-state index in [0.717, 1.165) is 0 Å². The normalized spacial score (nSPS) is 19.3. The molecule has 0 radical (unpaired) electrons. The van der Waals surface area contributed by atoms with Gasteiger partial charge in [0.1, 0.15) is 23.2 Å². The monoisotopic (exact) mass is 452 g/mol. The van der Waals surface area contributed by atoms with Gasteiger partial charge in [-0.1, -0.05) is 18.2 Å². The molecule has 0 bridgehead atoms. The third kappa shape index (κ3) is 8.49.